The minimum absolute atomic E-state index is 0.352. The maximum Gasteiger partial charge on any atom is 0.122 e. The zero-order chi connectivity index (χ0) is 15.9. The quantitative estimate of drug-likeness (QED) is 0.846. The van der Waals surface area contributed by atoms with E-state index in [0.29, 0.717) is 12.0 Å². The summed E-state index contributed by atoms with van der Waals surface area (Å²) in [7, 11) is 3.20. The Kier molecular flexibility index (Phi) is 5.01. The van der Waals surface area contributed by atoms with Gasteiger partial charge in [-0.25, -0.2) is 0 Å². The van der Waals surface area contributed by atoms with Gasteiger partial charge in [0.25, 0.3) is 0 Å². The molecule has 1 atom stereocenters. The molecule has 4 nitrogen and oxygen atoms in total. The molecule has 0 aliphatic heterocycles. The summed E-state index contributed by atoms with van der Waals surface area (Å²) in [6.07, 6.45) is 0.492. The molecule has 22 heavy (non-hydrogen) atoms. The smallest absolute Gasteiger partial charge is 0.122 e. The Labute approximate surface area is 130 Å². The second kappa shape index (κ2) is 7.15. The van der Waals surface area contributed by atoms with Crippen LogP contribution in [0.4, 0.5) is 0 Å². The van der Waals surface area contributed by atoms with Gasteiger partial charge in [-0.15, -0.1) is 0 Å². The van der Waals surface area contributed by atoms with Crippen LogP contribution in [0.15, 0.2) is 42.5 Å². The topological polar surface area (TPSA) is 66.0 Å². The Morgan fingerprint density at radius 3 is 2.50 bits per heavy atom. The third-order valence-electron chi connectivity index (χ3n) is 3.49. The third kappa shape index (κ3) is 3.37. The van der Waals surface area contributed by atoms with Crippen LogP contribution in [0.2, 0.25) is 0 Å². The van der Waals surface area contributed by atoms with E-state index < -0.39 is 0 Å². The third-order valence-corrected chi connectivity index (χ3v) is 3.49. The molecule has 0 saturated carbocycles. The summed E-state index contributed by atoms with van der Waals surface area (Å²) in [6, 6.07) is 17.0. The van der Waals surface area contributed by atoms with E-state index in [2.05, 4.69) is 12.1 Å². The molecule has 0 aliphatic rings. The molecule has 4 heteroatoms. The molecule has 1 unspecified atom stereocenters. The van der Waals surface area contributed by atoms with Gasteiger partial charge >= 0.3 is 0 Å². The SMILES string of the molecule is COc1ccc(OC)c(CC(C#N)c2cccc(C#N)c2)c1. The summed E-state index contributed by atoms with van der Waals surface area (Å²) in [6.45, 7) is 0. The second-order valence-corrected chi connectivity index (χ2v) is 4.80. The maximum atomic E-state index is 9.49. The van der Waals surface area contributed by atoms with E-state index in [0.717, 1.165) is 22.6 Å². The van der Waals surface area contributed by atoms with Crippen LogP contribution in [0.3, 0.4) is 0 Å². The zero-order valence-electron chi connectivity index (χ0n) is 12.5. The zero-order valence-corrected chi connectivity index (χ0v) is 12.5. The fraction of sp³-hybridized carbons (Fsp3) is 0.222. The molecule has 0 aromatic heterocycles. The van der Waals surface area contributed by atoms with Crippen molar-refractivity contribution in [3.05, 3.63) is 59.2 Å². The highest BCUT2D eigenvalue weighted by atomic mass is 16.5. The van der Waals surface area contributed by atoms with Gasteiger partial charge in [0.05, 0.1) is 37.8 Å². The summed E-state index contributed by atoms with van der Waals surface area (Å²) in [5, 5.41) is 18.5. The molecule has 2 aromatic carbocycles. The molecule has 110 valence electrons. The normalized spacial score (nSPS) is 11.1. The van der Waals surface area contributed by atoms with Crippen molar-refractivity contribution in [1.82, 2.24) is 0 Å². The van der Waals surface area contributed by atoms with E-state index >= 15 is 0 Å². The van der Waals surface area contributed by atoms with Gasteiger partial charge < -0.3 is 9.47 Å². The minimum Gasteiger partial charge on any atom is -0.497 e. The lowest BCUT2D eigenvalue weighted by atomic mass is 9.92. The van der Waals surface area contributed by atoms with Crippen LogP contribution in [0, 0.1) is 22.7 Å². The number of hydrogen-bond donors (Lipinski definition) is 0. The Morgan fingerprint density at radius 2 is 1.86 bits per heavy atom. The fourth-order valence-corrected chi connectivity index (χ4v) is 2.32. The van der Waals surface area contributed by atoms with Crippen molar-refractivity contribution in [3.8, 4) is 23.6 Å². The van der Waals surface area contributed by atoms with E-state index in [-0.39, 0.29) is 5.92 Å². The number of methoxy groups -OCH3 is 2. The first-order chi connectivity index (χ1) is 10.7. The molecule has 0 N–H and O–H groups in total. The molecule has 0 fully saturated rings. The van der Waals surface area contributed by atoms with Gasteiger partial charge in [0.15, 0.2) is 0 Å². The second-order valence-electron chi connectivity index (χ2n) is 4.80. The molecule has 2 aromatic rings. The maximum absolute atomic E-state index is 9.49. The van der Waals surface area contributed by atoms with Crippen molar-refractivity contribution in [2.24, 2.45) is 0 Å². The average Bonchev–Trinajstić information content (AvgIpc) is 2.59. The van der Waals surface area contributed by atoms with Crippen molar-refractivity contribution in [3.63, 3.8) is 0 Å². The average molecular weight is 292 g/mol. The number of hydrogen-bond acceptors (Lipinski definition) is 4. The minimum atomic E-state index is -0.352. The molecular weight excluding hydrogens is 276 g/mol. The van der Waals surface area contributed by atoms with Crippen LogP contribution >= 0.6 is 0 Å². The molecule has 0 saturated heterocycles. The van der Waals surface area contributed by atoms with E-state index in [1.165, 1.54) is 0 Å². The van der Waals surface area contributed by atoms with Crippen LogP contribution in [-0.2, 0) is 6.42 Å². The Balaban J connectivity index is 2.34. The van der Waals surface area contributed by atoms with E-state index in [1.54, 1.807) is 32.4 Å². The van der Waals surface area contributed by atoms with Gasteiger partial charge in [0, 0.05) is 0 Å². The lowest BCUT2D eigenvalue weighted by molar-refractivity contribution is 0.398. The van der Waals surface area contributed by atoms with Gasteiger partial charge in [-0.05, 0) is 47.9 Å². The summed E-state index contributed by atoms with van der Waals surface area (Å²) >= 11 is 0. The molecule has 0 amide bonds. The highest BCUT2D eigenvalue weighted by Gasteiger charge is 2.15. The lowest BCUT2D eigenvalue weighted by Crippen LogP contribution is -2.03. The van der Waals surface area contributed by atoms with E-state index in [4.69, 9.17) is 14.7 Å². The van der Waals surface area contributed by atoms with Gasteiger partial charge in [0.2, 0.25) is 0 Å². The highest BCUT2D eigenvalue weighted by Crippen LogP contribution is 2.29. The van der Waals surface area contributed by atoms with Crippen molar-refractivity contribution in [2.45, 2.75) is 12.3 Å². The van der Waals surface area contributed by atoms with E-state index in [9.17, 15) is 5.26 Å². The van der Waals surface area contributed by atoms with Crippen molar-refractivity contribution >= 4 is 0 Å². The molecule has 0 bridgehead atoms. The first-order valence-electron chi connectivity index (χ1n) is 6.82. The summed E-state index contributed by atoms with van der Waals surface area (Å²) in [5.74, 6) is 1.09. The number of ether oxygens (including phenoxy) is 2. The lowest BCUT2D eigenvalue weighted by Gasteiger charge is -2.14. The van der Waals surface area contributed by atoms with Crippen LogP contribution in [0.25, 0.3) is 0 Å². The first kappa shape index (κ1) is 15.4. The summed E-state index contributed by atoms with van der Waals surface area (Å²) in [4.78, 5) is 0. The van der Waals surface area contributed by atoms with Gasteiger partial charge in [-0.3, -0.25) is 0 Å². The predicted octanol–water partition coefficient (Wildman–Crippen LogP) is 3.43. The summed E-state index contributed by atoms with van der Waals surface area (Å²) < 4.78 is 10.6. The number of benzene rings is 2. The van der Waals surface area contributed by atoms with Crippen LogP contribution in [0.5, 0.6) is 11.5 Å². The number of rotatable bonds is 5. The molecule has 0 radical (unpaired) electrons. The van der Waals surface area contributed by atoms with Gasteiger partial charge in [-0.2, -0.15) is 10.5 Å². The van der Waals surface area contributed by atoms with Crippen molar-refractivity contribution < 1.29 is 9.47 Å². The van der Waals surface area contributed by atoms with Gasteiger partial charge in [0.1, 0.15) is 11.5 Å². The molecular formula is C18H16N2O2. The van der Waals surface area contributed by atoms with Crippen molar-refractivity contribution in [2.75, 3.05) is 14.2 Å². The first-order valence-corrected chi connectivity index (χ1v) is 6.82. The van der Waals surface area contributed by atoms with Crippen LogP contribution in [0.1, 0.15) is 22.6 Å². The Hall–Kier alpha value is -2.98. The number of nitriles is 2. The predicted molar refractivity (Wildman–Crippen MR) is 82.8 cm³/mol. The fourth-order valence-electron chi connectivity index (χ4n) is 2.32. The monoisotopic (exact) mass is 292 g/mol. The number of nitrogens with zero attached hydrogens (tertiary/aromatic N) is 2. The molecule has 0 heterocycles. The highest BCUT2D eigenvalue weighted by molar-refractivity contribution is 5.43. The van der Waals surface area contributed by atoms with Crippen LogP contribution in [-0.4, -0.2) is 14.2 Å². The van der Waals surface area contributed by atoms with E-state index in [1.807, 2.05) is 24.3 Å². The Bertz CT molecular complexity index is 741. The standard InChI is InChI=1S/C18H16N2O2/c1-21-17-6-7-18(22-2)15(10-17)9-16(12-20)14-5-3-4-13(8-14)11-19/h3-8,10,16H,9H2,1-2H3. The summed E-state index contributed by atoms with van der Waals surface area (Å²) in [5.41, 5.74) is 2.28. The van der Waals surface area contributed by atoms with Crippen LogP contribution < -0.4 is 9.47 Å². The molecule has 0 spiro atoms. The largest absolute Gasteiger partial charge is 0.497 e. The Morgan fingerprint density at radius 1 is 1.05 bits per heavy atom. The van der Waals surface area contributed by atoms with Gasteiger partial charge in [-0.1, -0.05) is 12.1 Å². The molecule has 2 rings (SSSR count). The van der Waals surface area contributed by atoms with Crippen molar-refractivity contribution in [1.29, 1.82) is 10.5 Å². The molecule has 0 aliphatic carbocycles.